The van der Waals surface area contributed by atoms with Gasteiger partial charge in [0, 0.05) is 11.1 Å². The van der Waals surface area contributed by atoms with Crippen LogP contribution >= 0.6 is 11.8 Å². The molecule has 0 radical (unpaired) electrons. The number of carboxylic acids is 1. The average molecular weight is 274 g/mol. The van der Waals surface area contributed by atoms with E-state index in [-0.39, 0.29) is 5.56 Å². The van der Waals surface area contributed by atoms with E-state index in [4.69, 9.17) is 10.8 Å². The molecule has 1 aromatic heterocycles. The molecule has 0 atom stereocenters. The van der Waals surface area contributed by atoms with Crippen LogP contribution < -0.4 is 5.73 Å². The predicted octanol–water partition coefficient (Wildman–Crippen LogP) is 2.03. The van der Waals surface area contributed by atoms with Gasteiger partial charge in [0.1, 0.15) is 5.03 Å². The van der Waals surface area contributed by atoms with Crippen molar-refractivity contribution < 1.29 is 14.7 Å². The van der Waals surface area contributed by atoms with Crippen LogP contribution in [0.5, 0.6) is 0 Å². The highest BCUT2D eigenvalue weighted by molar-refractivity contribution is 7.99. The highest BCUT2D eigenvalue weighted by Crippen LogP contribution is 2.26. The van der Waals surface area contributed by atoms with Crippen LogP contribution in [0.4, 0.5) is 0 Å². The smallest absolute Gasteiger partial charge is 0.335 e. The summed E-state index contributed by atoms with van der Waals surface area (Å²) in [6.45, 7) is 0. The Kier molecular flexibility index (Phi) is 3.82. The van der Waals surface area contributed by atoms with E-state index in [1.807, 2.05) is 0 Å². The summed E-state index contributed by atoms with van der Waals surface area (Å²) in [7, 11) is 0. The molecule has 19 heavy (non-hydrogen) atoms. The summed E-state index contributed by atoms with van der Waals surface area (Å²) in [5, 5.41) is 9.56. The summed E-state index contributed by atoms with van der Waals surface area (Å²) >= 11 is 1.31. The van der Waals surface area contributed by atoms with Gasteiger partial charge in [0.25, 0.3) is 0 Å². The topological polar surface area (TPSA) is 93.3 Å². The number of nitrogens with two attached hydrogens (primary N) is 1. The maximum Gasteiger partial charge on any atom is 0.335 e. The van der Waals surface area contributed by atoms with Gasteiger partial charge < -0.3 is 10.8 Å². The fourth-order valence-corrected chi connectivity index (χ4v) is 2.22. The maximum absolute atomic E-state index is 10.9. The first-order valence-electron chi connectivity index (χ1n) is 5.33. The monoisotopic (exact) mass is 274 g/mol. The lowest BCUT2D eigenvalue weighted by molar-refractivity contribution is 0.0696. The molecule has 0 aliphatic rings. The summed E-state index contributed by atoms with van der Waals surface area (Å²) in [5.41, 5.74) is 5.68. The number of nitrogens with zero attached hydrogens (tertiary/aromatic N) is 1. The normalized spacial score (nSPS) is 10.1. The molecule has 0 spiro atoms. The van der Waals surface area contributed by atoms with Crippen molar-refractivity contribution >= 4 is 23.6 Å². The van der Waals surface area contributed by atoms with Crippen molar-refractivity contribution in [1.82, 2.24) is 4.98 Å². The number of carbonyl (C=O) groups is 2. The molecule has 3 N–H and O–H groups in total. The van der Waals surface area contributed by atoms with Crippen LogP contribution in [-0.4, -0.2) is 22.0 Å². The zero-order valence-electron chi connectivity index (χ0n) is 9.74. The van der Waals surface area contributed by atoms with E-state index >= 15 is 0 Å². The second-order valence-electron chi connectivity index (χ2n) is 3.68. The number of pyridine rings is 1. The van der Waals surface area contributed by atoms with Gasteiger partial charge >= 0.3 is 5.97 Å². The number of carbonyl (C=O) groups excluding carboxylic acids is 1. The fourth-order valence-electron chi connectivity index (χ4n) is 1.40. The first-order valence-corrected chi connectivity index (χ1v) is 6.15. The average Bonchev–Trinajstić information content (AvgIpc) is 2.39. The SMILES string of the molecule is NC(=O)c1ccc(Sc2cccc(C(=O)O)c2)nc1. The number of aromatic nitrogens is 1. The lowest BCUT2D eigenvalue weighted by Gasteiger charge is -2.02. The van der Waals surface area contributed by atoms with E-state index < -0.39 is 11.9 Å². The fraction of sp³-hybridized carbons (Fsp3) is 0. The van der Waals surface area contributed by atoms with E-state index in [0.717, 1.165) is 4.90 Å². The molecule has 0 bridgehead atoms. The summed E-state index contributed by atoms with van der Waals surface area (Å²) in [6, 6.07) is 9.80. The zero-order valence-corrected chi connectivity index (χ0v) is 10.6. The van der Waals surface area contributed by atoms with Gasteiger partial charge in [-0.3, -0.25) is 4.79 Å². The number of benzene rings is 1. The summed E-state index contributed by atoms with van der Waals surface area (Å²) in [6.07, 6.45) is 1.39. The Labute approximate surface area is 113 Å². The van der Waals surface area contributed by atoms with Gasteiger partial charge in [-0.2, -0.15) is 0 Å². The molecule has 1 amide bonds. The second-order valence-corrected chi connectivity index (χ2v) is 4.78. The Morgan fingerprint density at radius 3 is 2.53 bits per heavy atom. The quantitative estimate of drug-likeness (QED) is 0.889. The Morgan fingerprint density at radius 2 is 1.95 bits per heavy atom. The highest BCUT2D eigenvalue weighted by Gasteiger charge is 2.06. The molecule has 6 heteroatoms. The van der Waals surface area contributed by atoms with Crippen LogP contribution in [0.2, 0.25) is 0 Å². The molecule has 1 heterocycles. The molecule has 2 aromatic rings. The Morgan fingerprint density at radius 1 is 1.16 bits per heavy atom. The number of hydrogen-bond donors (Lipinski definition) is 2. The van der Waals surface area contributed by atoms with Crippen molar-refractivity contribution in [3.05, 3.63) is 53.7 Å². The molecular formula is C13H10N2O3S. The highest BCUT2D eigenvalue weighted by atomic mass is 32.2. The minimum atomic E-state index is -0.973. The molecule has 0 aliphatic carbocycles. The van der Waals surface area contributed by atoms with Crippen LogP contribution in [0.3, 0.4) is 0 Å². The van der Waals surface area contributed by atoms with Crippen LogP contribution in [0.25, 0.3) is 0 Å². The van der Waals surface area contributed by atoms with Gasteiger partial charge in [0.05, 0.1) is 11.1 Å². The summed E-state index contributed by atoms with van der Waals surface area (Å²) in [5.74, 6) is -1.50. The van der Waals surface area contributed by atoms with Gasteiger partial charge in [0.2, 0.25) is 5.91 Å². The van der Waals surface area contributed by atoms with Crippen molar-refractivity contribution in [3.8, 4) is 0 Å². The summed E-state index contributed by atoms with van der Waals surface area (Å²) in [4.78, 5) is 26.6. The van der Waals surface area contributed by atoms with Crippen LogP contribution in [-0.2, 0) is 0 Å². The van der Waals surface area contributed by atoms with E-state index in [0.29, 0.717) is 10.6 Å². The molecule has 0 aliphatic heterocycles. The van der Waals surface area contributed by atoms with E-state index in [1.165, 1.54) is 24.0 Å². The molecule has 1 aromatic carbocycles. The molecule has 5 nitrogen and oxygen atoms in total. The Bertz CT molecular complexity index is 626. The van der Waals surface area contributed by atoms with Gasteiger partial charge in [-0.15, -0.1) is 0 Å². The first kappa shape index (κ1) is 13.1. The third-order valence-electron chi connectivity index (χ3n) is 2.32. The van der Waals surface area contributed by atoms with Crippen LogP contribution in [0.15, 0.2) is 52.5 Å². The Hall–Kier alpha value is -2.34. The third kappa shape index (κ3) is 3.32. The summed E-state index contributed by atoms with van der Waals surface area (Å²) < 4.78 is 0. The van der Waals surface area contributed by atoms with E-state index in [2.05, 4.69) is 4.98 Å². The zero-order chi connectivity index (χ0) is 13.8. The third-order valence-corrected chi connectivity index (χ3v) is 3.26. The van der Waals surface area contributed by atoms with Gasteiger partial charge in [-0.05, 0) is 30.3 Å². The molecule has 0 fully saturated rings. The number of primary amides is 1. The minimum Gasteiger partial charge on any atom is -0.478 e. The van der Waals surface area contributed by atoms with Crippen LogP contribution in [0, 0.1) is 0 Å². The number of hydrogen-bond acceptors (Lipinski definition) is 4. The number of aromatic carboxylic acids is 1. The van der Waals surface area contributed by atoms with Gasteiger partial charge in [0.15, 0.2) is 0 Å². The molecular weight excluding hydrogens is 264 g/mol. The van der Waals surface area contributed by atoms with Crippen molar-refractivity contribution in [2.75, 3.05) is 0 Å². The molecule has 96 valence electrons. The van der Waals surface area contributed by atoms with Crippen molar-refractivity contribution in [2.45, 2.75) is 9.92 Å². The van der Waals surface area contributed by atoms with Gasteiger partial charge in [-0.25, -0.2) is 9.78 Å². The largest absolute Gasteiger partial charge is 0.478 e. The predicted molar refractivity (Wildman–Crippen MR) is 70.3 cm³/mol. The van der Waals surface area contributed by atoms with E-state index in [1.54, 1.807) is 30.3 Å². The van der Waals surface area contributed by atoms with Crippen molar-refractivity contribution in [2.24, 2.45) is 5.73 Å². The lowest BCUT2D eigenvalue weighted by atomic mass is 10.2. The molecule has 2 rings (SSSR count). The lowest BCUT2D eigenvalue weighted by Crippen LogP contribution is -2.10. The number of carboxylic acid groups (broad SMARTS) is 1. The van der Waals surface area contributed by atoms with Crippen LogP contribution in [0.1, 0.15) is 20.7 Å². The Balaban J connectivity index is 2.19. The number of rotatable bonds is 4. The first-order chi connectivity index (χ1) is 9.06. The second kappa shape index (κ2) is 5.53. The minimum absolute atomic E-state index is 0.221. The van der Waals surface area contributed by atoms with Gasteiger partial charge in [-0.1, -0.05) is 17.8 Å². The number of amides is 1. The molecule has 0 unspecified atom stereocenters. The maximum atomic E-state index is 10.9. The van der Waals surface area contributed by atoms with Crippen molar-refractivity contribution in [3.63, 3.8) is 0 Å². The molecule has 0 saturated carbocycles. The van der Waals surface area contributed by atoms with E-state index in [9.17, 15) is 9.59 Å². The van der Waals surface area contributed by atoms with Crippen molar-refractivity contribution in [1.29, 1.82) is 0 Å². The standard InChI is InChI=1S/C13H10N2O3S/c14-12(16)9-4-5-11(15-7-9)19-10-3-1-2-8(6-10)13(17)18/h1-7H,(H2,14,16)(H,17,18). The molecule has 0 saturated heterocycles.